The Bertz CT molecular complexity index is 402. The minimum atomic E-state index is -0.146. The molecule has 0 spiro atoms. The lowest BCUT2D eigenvalue weighted by Gasteiger charge is -2.20. The van der Waals surface area contributed by atoms with E-state index in [0.29, 0.717) is 5.76 Å². The summed E-state index contributed by atoms with van der Waals surface area (Å²) in [7, 11) is 0. The van der Waals surface area contributed by atoms with E-state index in [0.717, 1.165) is 37.9 Å². The van der Waals surface area contributed by atoms with E-state index in [2.05, 4.69) is 5.32 Å². The van der Waals surface area contributed by atoms with Crippen LogP contribution in [0.5, 0.6) is 0 Å². The van der Waals surface area contributed by atoms with Crippen molar-refractivity contribution in [3.8, 4) is 0 Å². The van der Waals surface area contributed by atoms with Gasteiger partial charge in [0.2, 0.25) is 0 Å². The summed E-state index contributed by atoms with van der Waals surface area (Å²) in [5.41, 5.74) is 0. The van der Waals surface area contributed by atoms with Crippen LogP contribution in [0.3, 0.4) is 0 Å². The molecule has 0 aromatic carbocycles. The maximum absolute atomic E-state index is 12.0. The van der Waals surface area contributed by atoms with Gasteiger partial charge in [-0.25, -0.2) is 0 Å². The topological polar surface area (TPSA) is 42.2 Å². The number of halogens is 1. The number of hydrogen-bond donors (Lipinski definition) is 1. The molecule has 3 nitrogen and oxygen atoms in total. The Morgan fingerprint density at radius 3 is 2.89 bits per heavy atom. The summed E-state index contributed by atoms with van der Waals surface area (Å²) in [6.07, 6.45) is 6.23. The van der Waals surface area contributed by atoms with Crippen LogP contribution in [-0.2, 0) is 6.42 Å². The number of carbonyl (C=O) groups excluding carboxylic acids is 1. The van der Waals surface area contributed by atoms with E-state index < -0.39 is 0 Å². The molecule has 2 atom stereocenters. The van der Waals surface area contributed by atoms with Crippen LogP contribution >= 0.6 is 11.6 Å². The van der Waals surface area contributed by atoms with Crippen LogP contribution < -0.4 is 5.32 Å². The summed E-state index contributed by atoms with van der Waals surface area (Å²) in [5, 5.41) is 3.04. The maximum atomic E-state index is 12.0. The first-order chi connectivity index (χ1) is 8.70. The number of hydrogen-bond acceptors (Lipinski definition) is 2. The highest BCUT2D eigenvalue weighted by Gasteiger charge is 2.24. The van der Waals surface area contributed by atoms with Crippen molar-refractivity contribution in [2.75, 3.05) is 0 Å². The number of furan rings is 1. The molecule has 18 heavy (non-hydrogen) atoms. The molecule has 0 saturated heterocycles. The van der Waals surface area contributed by atoms with Crippen LogP contribution in [0.2, 0.25) is 0 Å². The molecule has 1 N–H and O–H groups in total. The molecule has 4 heteroatoms. The average molecular weight is 270 g/mol. The first-order valence-corrected chi connectivity index (χ1v) is 7.18. The lowest BCUT2D eigenvalue weighted by atomic mass is 10.1. The van der Waals surface area contributed by atoms with Gasteiger partial charge in [-0.2, -0.15) is 0 Å². The van der Waals surface area contributed by atoms with Crippen molar-refractivity contribution in [2.45, 2.75) is 56.9 Å². The van der Waals surface area contributed by atoms with E-state index in [1.165, 1.54) is 6.42 Å². The summed E-state index contributed by atoms with van der Waals surface area (Å²) in [5.74, 6) is 1.08. The average Bonchev–Trinajstić information content (AvgIpc) is 2.77. The number of alkyl halides is 1. The van der Waals surface area contributed by atoms with Crippen LogP contribution in [0.25, 0.3) is 0 Å². The Labute approximate surface area is 113 Å². The first-order valence-electron chi connectivity index (χ1n) is 6.74. The summed E-state index contributed by atoms with van der Waals surface area (Å²) < 4.78 is 5.45. The van der Waals surface area contributed by atoms with Gasteiger partial charge in [0.05, 0.1) is 5.38 Å². The third-order valence-electron chi connectivity index (χ3n) is 3.48. The van der Waals surface area contributed by atoms with E-state index in [1.54, 1.807) is 6.07 Å². The predicted octanol–water partition coefficient (Wildman–Crippen LogP) is 3.51. The third-order valence-corrected chi connectivity index (χ3v) is 4.00. The second kappa shape index (κ2) is 6.28. The van der Waals surface area contributed by atoms with Gasteiger partial charge >= 0.3 is 0 Å². The standard InChI is InChI=1S/C14H20ClNO2/c1-2-10-8-9-13(18-10)14(17)16-12-7-5-3-4-6-11(12)15/h8-9,11-12H,2-7H2,1H3,(H,16,17). The second-order valence-corrected chi connectivity index (χ2v) is 5.41. The zero-order valence-corrected chi connectivity index (χ0v) is 11.5. The lowest BCUT2D eigenvalue weighted by Crippen LogP contribution is -2.40. The number of amides is 1. The van der Waals surface area contributed by atoms with Crippen molar-refractivity contribution in [3.05, 3.63) is 23.7 Å². The Morgan fingerprint density at radius 2 is 2.17 bits per heavy atom. The minimum Gasteiger partial charge on any atom is -0.456 e. The SMILES string of the molecule is CCc1ccc(C(=O)NC2CCCCCC2Cl)o1. The van der Waals surface area contributed by atoms with E-state index >= 15 is 0 Å². The molecular formula is C14H20ClNO2. The van der Waals surface area contributed by atoms with Gasteiger partial charge in [-0.1, -0.05) is 26.2 Å². The summed E-state index contributed by atoms with van der Waals surface area (Å²) in [6, 6.07) is 3.64. The van der Waals surface area contributed by atoms with Crippen LogP contribution in [0.15, 0.2) is 16.5 Å². The predicted molar refractivity (Wildman–Crippen MR) is 72.1 cm³/mol. The molecule has 2 rings (SSSR count). The quantitative estimate of drug-likeness (QED) is 0.674. The molecule has 1 saturated carbocycles. The van der Waals surface area contributed by atoms with Crippen molar-refractivity contribution in [1.82, 2.24) is 5.32 Å². The van der Waals surface area contributed by atoms with Gasteiger partial charge in [0.15, 0.2) is 5.76 Å². The third kappa shape index (κ3) is 3.29. The zero-order chi connectivity index (χ0) is 13.0. The highest BCUT2D eigenvalue weighted by atomic mass is 35.5. The molecule has 100 valence electrons. The molecule has 1 aliphatic rings. The van der Waals surface area contributed by atoms with Crippen LogP contribution in [-0.4, -0.2) is 17.3 Å². The number of rotatable bonds is 3. The van der Waals surface area contributed by atoms with Gasteiger partial charge in [0, 0.05) is 12.5 Å². The van der Waals surface area contributed by atoms with Crippen molar-refractivity contribution < 1.29 is 9.21 Å². The van der Waals surface area contributed by atoms with Gasteiger partial charge in [0.25, 0.3) is 5.91 Å². The normalized spacial score (nSPS) is 24.6. The fourth-order valence-electron chi connectivity index (χ4n) is 2.35. The van der Waals surface area contributed by atoms with Crippen LogP contribution in [0.1, 0.15) is 55.3 Å². The second-order valence-electron chi connectivity index (χ2n) is 4.85. The lowest BCUT2D eigenvalue weighted by molar-refractivity contribution is 0.0904. The van der Waals surface area contributed by atoms with Crippen molar-refractivity contribution >= 4 is 17.5 Å². The van der Waals surface area contributed by atoms with E-state index in [-0.39, 0.29) is 17.3 Å². The smallest absolute Gasteiger partial charge is 0.287 e. The maximum Gasteiger partial charge on any atom is 0.287 e. The number of aryl methyl sites for hydroxylation is 1. The molecule has 0 bridgehead atoms. The number of nitrogens with one attached hydrogen (secondary N) is 1. The first kappa shape index (κ1) is 13.5. The molecule has 2 unspecified atom stereocenters. The summed E-state index contributed by atoms with van der Waals surface area (Å²) in [4.78, 5) is 12.0. The molecule has 1 aromatic heterocycles. The highest BCUT2D eigenvalue weighted by molar-refractivity contribution is 6.21. The number of carbonyl (C=O) groups is 1. The van der Waals surface area contributed by atoms with Crippen molar-refractivity contribution in [2.24, 2.45) is 0 Å². The van der Waals surface area contributed by atoms with Gasteiger partial charge in [0.1, 0.15) is 5.76 Å². The molecule has 1 fully saturated rings. The molecule has 1 heterocycles. The molecule has 1 amide bonds. The zero-order valence-electron chi connectivity index (χ0n) is 10.7. The fraction of sp³-hybridized carbons (Fsp3) is 0.643. The molecule has 1 aromatic rings. The molecule has 1 aliphatic carbocycles. The summed E-state index contributed by atoms with van der Waals surface area (Å²) in [6.45, 7) is 2.00. The minimum absolute atomic E-state index is 0.0389. The van der Waals surface area contributed by atoms with Gasteiger partial charge in [-0.3, -0.25) is 4.79 Å². The highest BCUT2D eigenvalue weighted by Crippen LogP contribution is 2.22. The Kier molecular flexibility index (Phi) is 4.70. The Balaban J connectivity index is 1.97. The Morgan fingerprint density at radius 1 is 1.39 bits per heavy atom. The molecule has 0 aliphatic heterocycles. The van der Waals surface area contributed by atoms with Crippen LogP contribution in [0.4, 0.5) is 0 Å². The van der Waals surface area contributed by atoms with E-state index in [4.69, 9.17) is 16.0 Å². The molecular weight excluding hydrogens is 250 g/mol. The largest absolute Gasteiger partial charge is 0.456 e. The van der Waals surface area contributed by atoms with Gasteiger partial charge in [-0.15, -0.1) is 11.6 Å². The Hall–Kier alpha value is -0.960. The van der Waals surface area contributed by atoms with Crippen LogP contribution in [0, 0.1) is 0 Å². The molecule has 0 radical (unpaired) electrons. The van der Waals surface area contributed by atoms with Crippen molar-refractivity contribution in [3.63, 3.8) is 0 Å². The summed E-state index contributed by atoms with van der Waals surface area (Å²) >= 11 is 6.31. The monoisotopic (exact) mass is 269 g/mol. The van der Waals surface area contributed by atoms with Gasteiger partial charge < -0.3 is 9.73 Å². The van der Waals surface area contributed by atoms with E-state index in [9.17, 15) is 4.79 Å². The fourth-order valence-corrected chi connectivity index (χ4v) is 2.70. The van der Waals surface area contributed by atoms with Gasteiger partial charge in [-0.05, 0) is 25.0 Å². The van der Waals surface area contributed by atoms with Crippen molar-refractivity contribution in [1.29, 1.82) is 0 Å². The van der Waals surface area contributed by atoms with E-state index in [1.807, 2.05) is 13.0 Å².